The number of aryl methyl sites for hydroxylation is 2. The van der Waals surface area contributed by atoms with E-state index in [4.69, 9.17) is 0 Å². The van der Waals surface area contributed by atoms with Crippen molar-refractivity contribution in [3.8, 4) is 11.1 Å². The summed E-state index contributed by atoms with van der Waals surface area (Å²) in [7, 11) is 0. The topological polar surface area (TPSA) is 12.0 Å². The van der Waals surface area contributed by atoms with Gasteiger partial charge in [-0.15, -0.1) is 0 Å². The van der Waals surface area contributed by atoms with Crippen molar-refractivity contribution in [3.63, 3.8) is 0 Å². The van der Waals surface area contributed by atoms with Crippen LogP contribution in [0.2, 0.25) is 0 Å². The largest absolute Gasteiger partial charge is 0.313 e. The average molecular weight is 289 g/mol. The molecule has 21 heavy (non-hydrogen) atoms. The van der Waals surface area contributed by atoms with Gasteiger partial charge in [-0.05, 0) is 61.7 Å². The van der Waals surface area contributed by atoms with E-state index in [0.717, 1.165) is 29.7 Å². The highest BCUT2D eigenvalue weighted by atomic mass is 19.1. The Labute approximate surface area is 125 Å². The summed E-state index contributed by atoms with van der Waals surface area (Å²) >= 11 is 0. The van der Waals surface area contributed by atoms with Crippen LogP contribution in [0.5, 0.6) is 0 Å². The maximum atomic E-state index is 14.2. The molecule has 0 spiro atoms. The summed E-state index contributed by atoms with van der Waals surface area (Å²) < 4.78 is 28.4. The van der Waals surface area contributed by atoms with Gasteiger partial charge in [0.1, 0.15) is 11.6 Å². The van der Waals surface area contributed by atoms with Gasteiger partial charge in [0.05, 0.1) is 0 Å². The smallest absolute Gasteiger partial charge is 0.131 e. The molecule has 0 saturated heterocycles. The first-order valence-electron chi connectivity index (χ1n) is 7.29. The Kier molecular flexibility index (Phi) is 5.07. The van der Waals surface area contributed by atoms with Crippen LogP contribution in [0, 0.1) is 25.5 Å². The lowest BCUT2D eigenvalue weighted by Crippen LogP contribution is -2.13. The van der Waals surface area contributed by atoms with E-state index in [9.17, 15) is 8.78 Å². The van der Waals surface area contributed by atoms with E-state index in [0.29, 0.717) is 17.7 Å². The zero-order valence-electron chi connectivity index (χ0n) is 12.8. The molecule has 2 aromatic rings. The summed E-state index contributed by atoms with van der Waals surface area (Å²) in [5.74, 6) is -0.759. The standard InChI is InChI=1S/C18H21F2N/c1-4-7-21-11-14-5-6-16(19)15(10-14)18-13(3)8-12(2)9-17(18)20/h5-6,8-10,21H,4,7,11H2,1-3H3. The fourth-order valence-electron chi connectivity index (χ4n) is 2.54. The molecule has 2 aromatic carbocycles. The Hall–Kier alpha value is -1.74. The Balaban J connectivity index is 2.41. The summed E-state index contributed by atoms with van der Waals surface area (Å²) in [6, 6.07) is 8.21. The molecule has 0 aliphatic carbocycles. The van der Waals surface area contributed by atoms with E-state index in [1.165, 1.54) is 12.1 Å². The molecule has 0 aliphatic heterocycles. The highest BCUT2D eigenvalue weighted by molar-refractivity contribution is 5.69. The molecule has 0 radical (unpaired) electrons. The number of hydrogen-bond donors (Lipinski definition) is 1. The fourth-order valence-corrected chi connectivity index (χ4v) is 2.54. The van der Waals surface area contributed by atoms with Gasteiger partial charge >= 0.3 is 0 Å². The molecule has 2 rings (SSSR count). The Morgan fingerprint density at radius 1 is 1.00 bits per heavy atom. The second-order valence-electron chi connectivity index (χ2n) is 5.43. The molecule has 0 bridgehead atoms. The number of hydrogen-bond acceptors (Lipinski definition) is 1. The van der Waals surface area contributed by atoms with Crippen LogP contribution < -0.4 is 5.32 Å². The van der Waals surface area contributed by atoms with Crippen molar-refractivity contribution in [1.82, 2.24) is 5.32 Å². The Morgan fingerprint density at radius 2 is 1.76 bits per heavy atom. The maximum absolute atomic E-state index is 14.2. The molecule has 112 valence electrons. The Bertz CT molecular complexity index is 612. The van der Waals surface area contributed by atoms with Gasteiger partial charge in [-0.1, -0.05) is 19.1 Å². The van der Waals surface area contributed by atoms with Gasteiger partial charge in [0.15, 0.2) is 0 Å². The van der Waals surface area contributed by atoms with Crippen molar-refractivity contribution in [2.75, 3.05) is 6.54 Å². The third-order valence-electron chi connectivity index (χ3n) is 3.49. The van der Waals surface area contributed by atoms with Crippen molar-refractivity contribution in [2.45, 2.75) is 33.7 Å². The highest BCUT2D eigenvalue weighted by Gasteiger charge is 2.14. The summed E-state index contributed by atoms with van der Waals surface area (Å²) in [5.41, 5.74) is 3.25. The second-order valence-corrected chi connectivity index (χ2v) is 5.43. The van der Waals surface area contributed by atoms with Crippen molar-refractivity contribution in [2.24, 2.45) is 0 Å². The minimum absolute atomic E-state index is 0.334. The van der Waals surface area contributed by atoms with E-state index >= 15 is 0 Å². The van der Waals surface area contributed by atoms with Gasteiger partial charge in [0, 0.05) is 17.7 Å². The van der Waals surface area contributed by atoms with Crippen LogP contribution in [-0.2, 0) is 6.54 Å². The minimum Gasteiger partial charge on any atom is -0.313 e. The molecular formula is C18H21F2N. The fraction of sp³-hybridized carbons (Fsp3) is 0.333. The monoisotopic (exact) mass is 289 g/mol. The first kappa shape index (κ1) is 15.6. The van der Waals surface area contributed by atoms with Gasteiger partial charge in [-0.25, -0.2) is 8.78 Å². The molecule has 0 amide bonds. The van der Waals surface area contributed by atoms with E-state index in [2.05, 4.69) is 12.2 Å². The third-order valence-corrected chi connectivity index (χ3v) is 3.49. The van der Waals surface area contributed by atoms with Crippen LogP contribution in [0.1, 0.15) is 30.0 Å². The summed E-state index contributed by atoms with van der Waals surface area (Å²) in [4.78, 5) is 0. The highest BCUT2D eigenvalue weighted by Crippen LogP contribution is 2.30. The van der Waals surface area contributed by atoms with Gasteiger partial charge < -0.3 is 5.32 Å². The molecule has 0 aliphatic rings. The van der Waals surface area contributed by atoms with Crippen LogP contribution in [0.3, 0.4) is 0 Å². The lowest BCUT2D eigenvalue weighted by atomic mass is 9.96. The first-order valence-corrected chi connectivity index (χ1v) is 7.29. The maximum Gasteiger partial charge on any atom is 0.131 e. The van der Waals surface area contributed by atoms with Crippen molar-refractivity contribution < 1.29 is 8.78 Å². The molecule has 0 unspecified atom stereocenters. The average Bonchev–Trinajstić information content (AvgIpc) is 2.41. The zero-order chi connectivity index (χ0) is 15.4. The zero-order valence-corrected chi connectivity index (χ0v) is 12.8. The lowest BCUT2D eigenvalue weighted by molar-refractivity contribution is 0.613. The first-order chi connectivity index (χ1) is 10.0. The molecule has 0 atom stereocenters. The van der Waals surface area contributed by atoms with Crippen LogP contribution >= 0.6 is 0 Å². The van der Waals surface area contributed by atoms with E-state index in [-0.39, 0.29) is 11.6 Å². The van der Waals surface area contributed by atoms with Gasteiger partial charge in [0.25, 0.3) is 0 Å². The normalized spacial score (nSPS) is 10.9. The predicted molar refractivity (Wildman–Crippen MR) is 83.3 cm³/mol. The third kappa shape index (κ3) is 3.67. The molecule has 1 N–H and O–H groups in total. The van der Waals surface area contributed by atoms with Crippen LogP contribution in [0.4, 0.5) is 8.78 Å². The van der Waals surface area contributed by atoms with E-state index < -0.39 is 0 Å². The van der Waals surface area contributed by atoms with Gasteiger partial charge in [-0.2, -0.15) is 0 Å². The number of benzene rings is 2. The SMILES string of the molecule is CCCNCc1ccc(F)c(-c2c(C)cc(C)cc2F)c1. The summed E-state index contributed by atoms with van der Waals surface area (Å²) in [6.45, 7) is 7.31. The van der Waals surface area contributed by atoms with Crippen LogP contribution in [-0.4, -0.2) is 6.54 Å². The van der Waals surface area contributed by atoms with E-state index in [1.54, 1.807) is 12.1 Å². The van der Waals surface area contributed by atoms with Gasteiger partial charge in [-0.3, -0.25) is 0 Å². The lowest BCUT2D eigenvalue weighted by Gasteiger charge is -2.12. The molecule has 3 heteroatoms. The molecule has 0 heterocycles. The summed E-state index contributed by atoms with van der Waals surface area (Å²) in [6.07, 6.45) is 1.04. The molecular weight excluding hydrogens is 268 g/mol. The molecule has 0 fully saturated rings. The molecule has 0 aromatic heterocycles. The van der Waals surface area contributed by atoms with Crippen molar-refractivity contribution in [1.29, 1.82) is 0 Å². The number of rotatable bonds is 5. The van der Waals surface area contributed by atoms with Crippen LogP contribution in [0.15, 0.2) is 30.3 Å². The number of halogens is 2. The number of nitrogens with one attached hydrogen (secondary N) is 1. The second kappa shape index (κ2) is 6.81. The quantitative estimate of drug-likeness (QED) is 0.783. The van der Waals surface area contributed by atoms with E-state index in [1.807, 2.05) is 19.9 Å². The summed E-state index contributed by atoms with van der Waals surface area (Å²) in [5, 5.41) is 3.27. The van der Waals surface area contributed by atoms with Crippen LogP contribution in [0.25, 0.3) is 11.1 Å². The Morgan fingerprint density at radius 3 is 2.43 bits per heavy atom. The van der Waals surface area contributed by atoms with Crippen molar-refractivity contribution in [3.05, 3.63) is 58.7 Å². The minimum atomic E-state index is -0.389. The molecule has 0 saturated carbocycles. The molecule has 1 nitrogen and oxygen atoms in total. The predicted octanol–water partition coefficient (Wildman–Crippen LogP) is 4.75. The van der Waals surface area contributed by atoms with Crippen molar-refractivity contribution >= 4 is 0 Å². The van der Waals surface area contributed by atoms with Gasteiger partial charge in [0.2, 0.25) is 0 Å².